The lowest BCUT2D eigenvalue weighted by Crippen LogP contribution is -2.36. The predicted octanol–water partition coefficient (Wildman–Crippen LogP) is 3.49. The smallest absolute Gasteiger partial charge is 0.325 e. The van der Waals surface area contributed by atoms with Gasteiger partial charge in [-0.3, -0.25) is 9.59 Å². The molecule has 1 aliphatic carbocycles. The Morgan fingerprint density at radius 1 is 0.967 bits per heavy atom. The number of esters is 1. The minimum atomic E-state index is -0.458. The van der Waals surface area contributed by atoms with Crippen LogP contribution in [0.3, 0.4) is 0 Å². The molecule has 0 aromatic heterocycles. The number of amides is 1. The molecule has 3 rings (SSSR count). The van der Waals surface area contributed by atoms with Gasteiger partial charge in [-0.05, 0) is 60.2 Å². The number of nitrogens with zero attached hydrogens (tertiary/aromatic N) is 1. The number of methoxy groups -OCH3 is 3. The van der Waals surface area contributed by atoms with E-state index in [4.69, 9.17) is 14.2 Å². The Bertz CT molecular complexity index is 892. The van der Waals surface area contributed by atoms with Gasteiger partial charge in [0.15, 0.2) is 0 Å². The largest absolute Gasteiger partial charge is 0.497 e. The van der Waals surface area contributed by atoms with Crippen LogP contribution in [0.4, 0.5) is 0 Å². The molecule has 0 N–H and O–H groups in total. The van der Waals surface area contributed by atoms with Crippen LogP contribution in [0.1, 0.15) is 23.1 Å². The maximum Gasteiger partial charge on any atom is 0.325 e. The fourth-order valence-corrected chi connectivity index (χ4v) is 4.37. The van der Waals surface area contributed by atoms with E-state index >= 15 is 0 Å². The zero-order chi connectivity index (χ0) is 21.5. The number of fused-ring (bicyclic) bond motifs is 1. The number of rotatable bonds is 9. The zero-order valence-corrected chi connectivity index (χ0v) is 18.4. The topological polar surface area (TPSA) is 65.1 Å². The van der Waals surface area contributed by atoms with Crippen molar-refractivity contribution in [3.8, 4) is 11.5 Å². The normalized spacial score (nSPS) is 12.2. The summed E-state index contributed by atoms with van der Waals surface area (Å²) in [6, 6.07) is 11.8. The molecule has 30 heavy (non-hydrogen) atoms. The summed E-state index contributed by atoms with van der Waals surface area (Å²) in [5.41, 5.74) is 3.60. The Kier molecular flexibility index (Phi) is 7.63. The first-order chi connectivity index (χ1) is 14.5. The van der Waals surface area contributed by atoms with Gasteiger partial charge in [0.25, 0.3) is 0 Å². The van der Waals surface area contributed by atoms with Crippen LogP contribution in [0.25, 0.3) is 0 Å². The number of benzene rings is 2. The molecule has 2 aromatic rings. The summed E-state index contributed by atoms with van der Waals surface area (Å²) in [6.07, 6.45) is 3.43. The minimum Gasteiger partial charge on any atom is -0.497 e. The number of carbonyl (C=O) groups is 2. The maximum atomic E-state index is 12.9. The summed E-state index contributed by atoms with van der Waals surface area (Å²) in [7, 11) is 4.46. The second kappa shape index (κ2) is 10.4. The van der Waals surface area contributed by atoms with Crippen molar-refractivity contribution in [1.29, 1.82) is 0 Å². The summed E-state index contributed by atoms with van der Waals surface area (Å²) in [5, 5.41) is 0. The average molecular weight is 430 g/mol. The van der Waals surface area contributed by atoms with Crippen molar-refractivity contribution in [2.45, 2.75) is 30.7 Å². The lowest BCUT2D eigenvalue weighted by Gasteiger charge is -2.22. The first kappa shape index (κ1) is 22.0. The summed E-state index contributed by atoms with van der Waals surface area (Å²) < 4.78 is 15.4. The Morgan fingerprint density at radius 2 is 1.67 bits per heavy atom. The molecule has 0 fully saturated rings. The van der Waals surface area contributed by atoms with Crippen molar-refractivity contribution in [1.82, 2.24) is 4.90 Å². The van der Waals surface area contributed by atoms with Crippen molar-refractivity contribution < 1.29 is 23.8 Å². The minimum absolute atomic E-state index is 0.112. The Labute approximate surface area is 181 Å². The molecule has 0 heterocycles. The van der Waals surface area contributed by atoms with Gasteiger partial charge in [0, 0.05) is 17.5 Å². The highest BCUT2D eigenvalue weighted by Gasteiger charge is 2.20. The highest BCUT2D eigenvalue weighted by Crippen LogP contribution is 2.28. The van der Waals surface area contributed by atoms with Crippen molar-refractivity contribution in [2.75, 3.05) is 33.6 Å². The molecule has 0 saturated heterocycles. The van der Waals surface area contributed by atoms with E-state index in [0.29, 0.717) is 11.5 Å². The van der Waals surface area contributed by atoms with Crippen molar-refractivity contribution in [2.24, 2.45) is 0 Å². The molecular formula is C23H27NO5S. The molecule has 0 radical (unpaired) electrons. The van der Waals surface area contributed by atoms with Crippen LogP contribution in [0, 0.1) is 0 Å². The van der Waals surface area contributed by atoms with Gasteiger partial charge in [-0.2, -0.15) is 0 Å². The number of hydrogen-bond acceptors (Lipinski definition) is 6. The van der Waals surface area contributed by atoms with Crippen LogP contribution in [0.15, 0.2) is 41.3 Å². The van der Waals surface area contributed by atoms with Crippen LogP contribution in [0.5, 0.6) is 11.5 Å². The second-order valence-corrected chi connectivity index (χ2v) is 8.17. The van der Waals surface area contributed by atoms with Crippen LogP contribution >= 0.6 is 11.8 Å². The third-order valence-corrected chi connectivity index (χ3v) is 6.10. The number of carbonyl (C=O) groups excluding carboxylic acids is 2. The molecule has 2 aromatic carbocycles. The van der Waals surface area contributed by atoms with Gasteiger partial charge >= 0.3 is 5.97 Å². The molecule has 0 aliphatic heterocycles. The third-order valence-electron chi connectivity index (χ3n) is 5.12. The molecule has 0 saturated carbocycles. The van der Waals surface area contributed by atoms with Crippen molar-refractivity contribution >= 4 is 23.6 Å². The van der Waals surface area contributed by atoms with E-state index in [2.05, 4.69) is 18.2 Å². The molecule has 6 nitrogen and oxygen atoms in total. The Balaban J connectivity index is 1.71. The summed E-state index contributed by atoms with van der Waals surface area (Å²) in [6.45, 7) is 0.145. The van der Waals surface area contributed by atoms with E-state index in [9.17, 15) is 9.59 Å². The molecule has 0 unspecified atom stereocenters. The SMILES string of the molecule is COC(=O)CN(Cc1cc(OC)cc(OC)c1)C(=O)CSc1ccc2c(c1)CCC2. The van der Waals surface area contributed by atoms with Gasteiger partial charge in [0.2, 0.25) is 5.91 Å². The third kappa shape index (κ3) is 5.69. The second-order valence-electron chi connectivity index (χ2n) is 7.12. The average Bonchev–Trinajstić information content (AvgIpc) is 3.24. The fourth-order valence-electron chi connectivity index (χ4n) is 3.51. The zero-order valence-electron chi connectivity index (χ0n) is 17.6. The highest BCUT2D eigenvalue weighted by atomic mass is 32.2. The molecular weight excluding hydrogens is 402 g/mol. The standard InChI is InChI=1S/C23H27NO5S/c1-27-19-9-16(10-20(12-19)28-2)13-24(14-23(26)29-3)22(25)15-30-21-8-7-17-5-4-6-18(17)11-21/h7-12H,4-6,13-15H2,1-3H3. The van der Waals surface area contributed by atoms with Crippen molar-refractivity contribution in [3.05, 3.63) is 53.1 Å². The summed E-state index contributed by atoms with van der Waals surface area (Å²) in [4.78, 5) is 27.4. The maximum absolute atomic E-state index is 12.9. The van der Waals surface area contributed by atoms with E-state index in [1.807, 2.05) is 12.1 Å². The van der Waals surface area contributed by atoms with Gasteiger partial charge in [-0.15, -0.1) is 11.8 Å². The molecule has 7 heteroatoms. The van der Waals surface area contributed by atoms with Gasteiger partial charge in [-0.1, -0.05) is 6.07 Å². The quantitative estimate of drug-likeness (QED) is 0.449. The first-order valence-electron chi connectivity index (χ1n) is 9.83. The van der Waals surface area contributed by atoms with Crippen LogP contribution < -0.4 is 9.47 Å². The monoisotopic (exact) mass is 429 g/mol. The van der Waals surface area contributed by atoms with Crippen LogP contribution in [-0.2, 0) is 33.7 Å². The molecule has 1 aliphatic rings. The van der Waals surface area contributed by atoms with Crippen LogP contribution in [-0.4, -0.2) is 50.4 Å². The van der Waals surface area contributed by atoms with Gasteiger partial charge in [0.1, 0.15) is 18.0 Å². The van der Waals surface area contributed by atoms with E-state index in [-0.39, 0.29) is 24.7 Å². The molecule has 0 atom stereocenters. The molecule has 160 valence electrons. The Morgan fingerprint density at radius 3 is 2.33 bits per heavy atom. The molecule has 0 bridgehead atoms. The molecule has 1 amide bonds. The fraction of sp³-hybridized carbons (Fsp3) is 0.391. The van der Waals surface area contributed by atoms with E-state index in [1.165, 1.54) is 41.3 Å². The lowest BCUT2D eigenvalue weighted by atomic mass is 10.1. The predicted molar refractivity (Wildman–Crippen MR) is 116 cm³/mol. The highest BCUT2D eigenvalue weighted by molar-refractivity contribution is 8.00. The number of ether oxygens (including phenoxy) is 3. The number of thioether (sulfide) groups is 1. The van der Waals surface area contributed by atoms with E-state index in [0.717, 1.165) is 23.3 Å². The first-order valence-corrected chi connectivity index (χ1v) is 10.8. The van der Waals surface area contributed by atoms with E-state index in [1.54, 1.807) is 20.3 Å². The number of hydrogen-bond donors (Lipinski definition) is 0. The summed E-state index contributed by atoms with van der Waals surface area (Å²) in [5.74, 6) is 0.912. The van der Waals surface area contributed by atoms with Gasteiger partial charge < -0.3 is 19.1 Å². The van der Waals surface area contributed by atoms with Gasteiger partial charge in [-0.25, -0.2) is 0 Å². The Hall–Kier alpha value is -2.67. The molecule has 0 spiro atoms. The lowest BCUT2D eigenvalue weighted by molar-refractivity contribution is -0.146. The van der Waals surface area contributed by atoms with Gasteiger partial charge in [0.05, 0.1) is 27.1 Å². The summed E-state index contributed by atoms with van der Waals surface area (Å²) >= 11 is 1.49. The van der Waals surface area contributed by atoms with Crippen LogP contribution in [0.2, 0.25) is 0 Å². The van der Waals surface area contributed by atoms with Crippen molar-refractivity contribution in [3.63, 3.8) is 0 Å². The van der Waals surface area contributed by atoms with E-state index < -0.39 is 5.97 Å². The number of aryl methyl sites for hydroxylation is 2.